The fourth-order valence-electron chi connectivity index (χ4n) is 21.2. The van der Waals surface area contributed by atoms with Crippen LogP contribution in [0, 0.1) is 81.8 Å². The van der Waals surface area contributed by atoms with Gasteiger partial charge in [-0.15, -0.1) is 0 Å². The van der Waals surface area contributed by atoms with E-state index in [9.17, 15) is 38.4 Å². The van der Waals surface area contributed by atoms with Crippen LogP contribution in [0.25, 0.3) is 44.6 Å². The Labute approximate surface area is 909 Å². The second-order valence-corrected chi connectivity index (χ2v) is 39.9. The van der Waals surface area contributed by atoms with Gasteiger partial charge in [0.1, 0.15) is 0 Å². The number of primary amides is 8. The van der Waals surface area contributed by atoms with Crippen molar-refractivity contribution in [1.82, 2.24) is 0 Å². The maximum Gasteiger partial charge on any atom is 0.224 e. The number of halogens is 8. The zero-order valence-corrected chi connectivity index (χ0v) is 83.9. The van der Waals surface area contributed by atoms with Crippen molar-refractivity contribution in [3.63, 3.8) is 0 Å². The minimum atomic E-state index is -1.85. The third-order valence-corrected chi connectivity index (χ3v) is 30.4. The highest BCUT2D eigenvalue weighted by atomic mass is 35.5. The highest BCUT2D eigenvalue weighted by molar-refractivity contribution is 6.34. The van der Waals surface area contributed by atoms with Crippen LogP contribution in [0.4, 0.5) is 0 Å². The number of nitrogens with two attached hydrogens (primary N) is 8. The van der Waals surface area contributed by atoms with Gasteiger partial charge in [-0.1, -0.05) is 129 Å². The summed E-state index contributed by atoms with van der Waals surface area (Å²) in [6.45, 7) is 9.17. The van der Waals surface area contributed by atoms with E-state index in [1.54, 1.807) is 50.2 Å². The molecule has 16 aliphatic rings. The Kier molecular flexibility index (Phi) is 21.2. The second-order valence-electron chi connectivity index (χ2n) is 36.7. The van der Waals surface area contributed by atoms with Crippen LogP contribution in [0.1, 0.15) is 313 Å². The Morgan fingerprint density at radius 2 is 0.525 bits per heavy atom. The average molecular weight is 2080 g/mol. The minimum absolute atomic E-state index is 0.00600. The first-order valence-electron chi connectivity index (χ1n) is 61.4. The largest absolute Gasteiger partial charge is 0.369 e. The summed E-state index contributed by atoms with van der Waals surface area (Å²) in [6, 6.07) is 21.8. The van der Waals surface area contributed by atoms with Gasteiger partial charge in [-0.05, 0) is 524 Å². The van der Waals surface area contributed by atoms with Crippen molar-refractivity contribution >= 4 is 185 Å². The van der Waals surface area contributed by atoms with Crippen LogP contribution < -0.4 is 45.9 Å². The molecule has 24 rings (SSSR count). The number of hydrogen-bond donors (Lipinski definition) is 8. The van der Waals surface area contributed by atoms with E-state index in [2.05, 4.69) is 0 Å². The highest BCUT2D eigenvalue weighted by Gasteiger charge is 2.42. The highest BCUT2D eigenvalue weighted by Crippen LogP contribution is 2.55. The third-order valence-electron chi connectivity index (χ3n) is 28.1. The number of benzene rings is 8. The molecule has 8 aromatic carbocycles. The Hall–Kier alpha value is -10.2. The quantitative estimate of drug-likeness (QED) is 0.0721. The molecule has 0 fully saturated rings. The number of carbonyl (C=O) groups excluding carboxylic acids is 8. The van der Waals surface area contributed by atoms with Gasteiger partial charge in [0.2, 0.25) is 47.3 Å². The zero-order valence-electron chi connectivity index (χ0n) is 109. The Balaban J connectivity index is 0.000000131. The van der Waals surface area contributed by atoms with Crippen LogP contribution in [0.2, 0.25) is 40.2 Å². The molecule has 24 heteroatoms. The molecule has 16 nitrogen and oxygen atoms in total. The summed E-state index contributed by atoms with van der Waals surface area (Å²) >= 11 is 48.6. The van der Waals surface area contributed by atoms with Gasteiger partial charge in [-0.3, -0.25) is 38.4 Å². The van der Waals surface area contributed by atoms with Gasteiger partial charge in [-0.2, -0.15) is 0 Å². The van der Waals surface area contributed by atoms with Gasteiger partial charge in [-0.25, -0.2) is 0 Å². The van der Waals surface area contributed by atoms with Gasteiger partial charge >= 0.3 is 0 Å². The molecule has 0 bridgehead atoms. The Morgan fingerprint density at radius 3 is 0.943 bits per heavy atom. The molecule has 141 heavy (non-hydrogen) atoms. The third kappa shape index (κ3) is 21.1. The number of amides is 8. The van der Waals surface area contributed by atoms with E-state index in [-0.39, 0.29) is 173 Å². The lowest BCUT2D eigenvalue weighted by atomic mass is 9.82. The Morgan fingerprint density at radius 1 is 0.248 bits per heavy atom. The predicted octanol–water partition coefficient (Wildman–Crippen LogP) is 25.0. The van der Waals surface area contributed by atoms with Crippen molar-refractivity contribution in [3.05, 3.63) is 317 Å². The van der Waals surface area contributed by atoms with E-state index in [1.807, 2.05) is 51.1 Å². The van der Waals surface area contributed by atoms with Crippen LogP contribution >= 0.6 is 92.8 Å². The monoisotopic (exact) mass is 2080 g/mol. The van der Waals surface area contributed by atoms with Crippen molar-refractivity contribution in [2.45, 2.75) is 240 Å². The first kappa shape index (κ1) is 69.7. The van der Waals surface area contributed by atoms with E-state index in [0.717, 1.165) is 89.0 Å². The van der Waals surface area contributed by atoms with E-state index in [0.29, 0.717) is 181 Å². The van der Waals surface area contributed by atoms with Gasteiger partial charge in [0.05, 0.1) is 56.7 Å². The van der Waals surface area contributed by atoms with E-state index < -0.39 is 145 Å². The van der Waals surface area contributed by atoms with E-state index in [1.165, 1.54) is 6.07 Å². The zero-order chi connectivity index (χ0) is 128. The fraction of sp³-hybridized carbons (Fsp3) is 0.385. The standard InChI is InChI=1S/5C15H16ClNO.3C14H14ClNO/c3*1-8-5-9-6-13-10(12(9)7-14(8)16)3-2-4-11(13)15(17)18;2*1-8-5-9(16)6-13-10-3-2-4-11(15(17)18)14(10)7-12(8)13;3*15-9-5-4-8-6-13-10(12(8)7-9)2-1-3-11(13)14(16)17/h3*5,7,11H,2-4,6H2,1H3,(H2,17,18);2*5-6,11H,2-4,7H2,1H3,(H2,17,18);3*4-5,7,11H,1-3,6H2,(H2,16,17)/i2D2,5D,7D,11D;2D2,7D,11D;2D2,11D;2D2,6D,11D;2D2,11D;1D2,4D,5D,11D;1D2,7D,11D;1D2,11D. The molecule has 0 heterocycles. The number of fused-ring (bicyclic) bond motifs is 16. The van der Waals surface area contributed by atoms with Crippen LogP contribution in [0.3, 0.4) is 0 Å². The summed E-state index contributed by atoms with van der Waals surface area (Å²) in [7, 11) is 0. The first-order chi connectivity index (χ1) is 78.9. The van der Waals surface area contributed by atoms with E-state index in [4.69, 9.17) is 181 Å². The minimum Gasteiger partial charge on any atom is -0.369 e. The van der Waals surface area contributed by atoms with E-state index >= 15 is 0 Å². The molecule has 734 valence electrons. The summed E-state index contributed by atoms with van der Waals surface area (Å²) in [4.78, 5) is 94.5. The van der Waals surface area contributed by atoms with Crippen molar-refractivity contribution in [2.24, 2.45) is 93.0 Å². The maximum atomic E-state index is 11.9. The van der Waals surface area contributed by atoms with Crippen molar-refractivity contribution in [3.8, 4) is 0 Å². The predicted molar refractivity (Wildman–Crippen MR) is 573 cm³/mol. The molecule has 16 aliphatic carbocycles. The average Bonchev–Trinajstić information content (AvgIpc) is 1.56. The van der Waals surface area contributed by atoms with Gasteiger partial charge in [0, 0.05) is 73.1 Å². The molecule has 16 N–H and O–H groups in total. The number of carbonyl (C=O) groups is 8. The smallest absolute Gasteiger partial charge is 0.224 e. The number of rotatable bonds is 8. The molecule has 0 spiro atoms. The normalized spacial score (nSPS) is 32.2. The second kappa shape index (κ2) is 43.0. The molecule has 0 radical (unpaired) electrons. The van der Waals surface area contributed by atoms with Crippen molar-refractivity contribution in [2.75, 3.05) is 0 Å². The fourth-order valence-corrected chi connectivity index (χ4v) is 22.7. The molecule has 0 aliphatic heterocycles. The molecule has 0 saturated carbocycles. The molecular formula is C117H122Cl8N8O8. The first-order valence-corrected chi connectivity index (χ1v) is 48.9. The summed E-state index contributed by atoms with van der Waals surface area (Å²) in [5.74, 6) is -20.6. The summed E-state index contributed by atoms with van der Waals surface area (Å²) in [5.41, 5.74) is 68.4. The number of hydrogen-bond acceptors (Lipinski definition) is 8. The van der Waals surface area contributed by atoms with Gasteiger partial charge in [0.15, 0.2) is 0 Å². The van der Waals surface area contributed by atoms with Crippen LogP contribution in [-0.2, 0) is 89.7 Å². The Bertz CT molecular complexity index is 8710. The molecule has 8 aromatic rings. The SMILES string of the molecule is [2H]C1([2H])CC2=C(Cc3c(C)cc(Cl)cc32)C([2H])(C(N)=O)C1.[2H]C1([2H])CC2=C(Cc3cc(C)c(Cl)cc32)C([2H])(C(N)=O)C1.[2H]C1([2H])CC2=C(Cc3ccc(Cl)cc32)C([2H])(C(N)=O)C1.[2H]c1c(C)c(Cl)c([2H])c2c1CC1=C2CC([2H])([2H])CC1([2H])C(N)=O.[2H]c1c(Cl)c(C)cc2c1C1=C(C2)C([2H])(C(N)=O)CC([2H])([2H])C1.[2H]c1c(Cl)cc(C)c2c1C1=C(C2)C([2H])(C(N)=O)CC([2H])([2H])C1.[2H]c1c(Cl)cc2c(c1[2H])CC1=C2CC([2H])([2H])CC1([2H])C(N)=O.[2H]c1c(Cl)ccc2c1C1=C(C2)C([2H])(C(N)=O)CC([2H])([2H])C1. The van der Waals surface area contributed by atoms with Gasteiger partial charge < -0.3 is 45.9 Å². The number of allylic oxidation sites excluding steroid dienone is 8. The molecule has 8 unspecified atom stereocenters. The number of aryl methyl sites for hydroxylation is 4. The van der Waals surface area contributed by atoms with Crippen molar-refractivity contribution in [1.29, 1.82) is 0 Å². The van der Waals surface area contributed by atoms with Crippen LogP contribution in [0.5, 0.6) is 0 Å². The van der Waals surface area contributed by atoms with Crippen LogP contribution in [-0.4, -0.2) is 47.3 Å². The van der Waals surface area contributed by atoms with Crippen LogP contribution in [0.15, 0.2) is 160 Å². The van der Waals surface area contributed by atoms with Crippen molar-refractivity contribution < 1.29 is 80.8 Å². The lowest BCUT2D eigenvalue weighted by molar-refractivity contribution is -0.121. The molecule has 8 amide bonds. The molecule has 8 atom stereocenters. The van der Waals surface area contributed by atoms with Gasteiger partial charge in [0.25, 0.3) is 0 Å². The lowest BCUT2D eigenvalue weighted by Crippen LogP contribution is -2.27. The summed E-state index contributed by atoms with van der Waals surface area (Å²) in [6.07, 6.45) is -11.6. The molecule has 0 saturated heterocycles. The molecule has 0 aromatic heterocycles. The summed E-state index contributed by atoms with van der Waals surface area (Å²) < 4.78 is 253. The maximum absolute atomic E-state index is 11.9. The lowest BCUT2D eigenvalue weighted by Gasteiger charge is -2.22. The summed E-state index contributed by atoms with van der Waals surface area (Å²) in [5, 5.41) is 2.94. The molecular weight excluding hydrogens is 1930 g/mol. The topological polar surface area (TPSA) is 345 Å².